The number of hydrogen-bond donors (Lipinski definition) is 1. The van der Waals surface area contributed by atoms with Gasteiger partial charge in [0.2, 0.25) is 10.0 Å². The summed E-state index contributed by atoms with van der Waals surface area (Å²) in [6.07, 6.45) is 4.13. The van der Waals surface area contributed by atoms with E-state index in [-0.39, 0.29) is 14.9 Å². The first-order valence-electron chi connectivity index (χ1n) is 7.39. The molecule has 7 heteroatoms. The summed E-state index contributed by atoms with van der Waals surface area (Å²) in [5.74, 6) is 0.669. The lowest BCUT2D eigenvalue weighted by Crippen LogP contribution is -2.29. The summed E-state index contributed by atoms with van der Waals surface area (Å²) in [7, 11) is -2.24. The number of hydrogen-bond acceptors (Lipinski definition) is 3. The van der Waals surface area contributed by atoms with Crippen LogP contribution in [0.2, 0.25) is 10.0 Å². The molecule has 0 saturated heterocycles. The number of ether oxygens (including phenoxy) is 1. The number of benzene rings is 1. The van der Waals surface area contributed by atoms with E-state index in [2.05, 4.69) is 18.6 Å². The summed E-state index contributed by atoms with van der Waals surface area (Å²) in [4.78, 5) is -0.0229. The Morgan fingerprint density at radius 3 is 2.45 bits per heavy atom. The van der Waals surface area contributed by atoms with Crippen molar-refractivity contribution in [2.75, 3.05) is 13.7 Å². The van der Waals surface area contributed by atoms with Gasteiger partial charge in [-0.05, 0) is 24.5 Å². The lowest BCUT2D eigenvalue weighted by Gasteiger charge is -2.16. The standard InChI is InChI=1S/C15H23Cl2NO3S/c1-4-6-7-11(5-2)10-18-22(19,20)13-9-8-12(21-3)14(16)15(13)17/h8-9,11,18H,4-7,10H2,1-3H3. The van der Waals surface area contributed by atoms with E-state index < -0.39 is 10.0 Å². The van der Waals surface area contributed by atoms with Crippen LogP contribution in [0.15, 0.2) is 17.0 Å². The molecule has 1 aromatic carbocycles. The average Bonchev–Trinajstić information content (AvgIpc) is 2.50. The molecule has 1 aromatic rings. The van der Waals surface area contributed by atoms with Gasteiger partial charge in [-0.2, -0.15) is 0 Å². The summed E-state index contributed by atoms with van der Waals surface area (Å²) in [5, 5.41) is 0.0835. The van der Waals surface area contributed by atoms with E-state index in [0.717, 1.165) is 25.7 Å². The van der Waals surface area contributed by atoms with Gasteiger partial charge in [0.1, 0.15) is 15.7 Å². The fourth-order valence-electron chi connectivity index (χ4n) is 2.13. The average molecular weight is 368 g/mol. The summed E-state index contributed by atoms with van der Waals surface area (Å²) in [5.41, 5.74) is 0. The number of methoxy groups -OCH3 is 1. The van der Waals surface area contributed by atoms with Gasteiger partial charge in [-0.1, -0.05) is 56.3 Å². The number of rotatable bonds is 9. The molecule has 0 saturated carbocycles. The van der Waals surface area contributed by atoms with Crippen LogP contribution in [-0.4, -0.2) is 22.1 Å². The lowest BCUT2D eigenvalue weighted by atomic mass is 10.00. The summed E-state index contributed by atoms with van der Waals surface area (Å²) >= 11 is 12.1. The molecule has 0 fully saturated rings. The van der Waals surface area contributed by atoms with Gasteiger partial charge in [0.25, 0.3) is 0 Å². The zero-order valence-corrected chi connectivity index (χ0v) is 15.5. The Labute approximate surface area is 143 Å². The third-order valence-electron chi connectivity index (χ3n) is 3.63. The molecule has 0 aliphatic rings. The third kappa shape index (κ3) is 5.01. The molecule has 0 bridgehead atoms. The Bertz CT molecular complexity index is 591. The molecule has 1 rings (SSSR count). The van der Waals surface area contributed by atoms with Crippen LogP contribution in [0.4, 0.5) is 0 Å². The van der Waals surface area contributed by atoms with Crippen molar-refractivity contribution in [1.29, 1.82) is 0 Å². The van der Waals surface area contributed by atoms with Crippen LogP contribution in [0.5, 0.6) is 5.75 Å². The summed E-state index contributed by atoms with van der Waals surface area (Å²) < 4.78 is 32.5. The molecule has 0 amide bonds. The van der Waals surface area contributed by atoms with Crippen molar-refractivity contribution in [3.8, 4) is 5.75 Å². The van der Waals surface area contributed by atoms with Crippen LogP contribution in [0, 0.1) is 5.92 Å². The smallest absolute Gasteiger partial charge is 0.242 e. The molecular weight excluding hydrogens is 345 g/mol. The molecule has 22 heavy (non-hydrogen) atoms. The second-order valence-corrected chi connectivity index (χ2v) is 7.65. The fourth-order valence-corrected chi connectivity index (χ4v) is 4.08. The van der Waals surface area contributed by atoms with Crippen molar-refractivity contribution in [3.63, 3.8) is 0 Å². The van der Waals surface area contributed by atoms with Crippen molar-refractivity contribution in [3.05, 3.63) is 22.2 Å². The van der Waals surface area contributed by atoms with Gasteiger partial charge in [-0.3, -0.25) is 0 Å². The fraction of sp³-hybridized carbons (Fsp3) is 0.600. The SMILES string of the molecule is CCCCC(CC)CNS(=O)(=O)c1ccc(OC)c(Cl)c1Cl. The first kappa shape index (κ1) is 19.6. The topological polar surface area (TPSA) is 55.4 Å². The minimum Gasteiger partial charge on any atom is -0.495 e. The molecule has 0 spiro atoms. The van der Waals surface area contributed by atoms with Crippen LogP contribution in [0.1, 0.15) is 39.5 Å². The van der Waals surface area contributed by atoms with Crippen molar-refractivity contribution in [1.82, 2.24) is 4.72 Å². The highest BCUT2D eigenvalue weighted by atomic mass is 35.5. The second-order valence-electron chi connectivity index (χ2n) is 5.16. The van der Waals surface area contributed by atoms with Crippen LogP contribution < -0.4 is 9.46 Å². The Kier molecular flexibility index (Phi) is 7.97. The first-order valence-corrected chi connectivity index (χ1v) is 9.62. The quantitative estimate of drug-likeness (QED) is 0.698. The number of unbranched alkanes of at least 4 members (excludes halogenated alkanes) is 1. The maximum absolute atomic E-state index is 12.4. The van der Waals surface area contributed by atoms with Crippen molar-refractivity contribution in [2.24, 2.45) is 5.92 Å². The Hall–Kier alpha value is -0.490. The monoisotopic (exact) mass is 367 g/mol. The first-order chi connectivity index (χ1) is 10.4. The number of sulfonamides is 1. The molecule has 4 nitrogen and oxygen atoms in total. The Morgan fingerprint density at radius 1 is 1.23 bits per heavy atom. The van der Waals surface area contributed by atoms with Gasteiger partial charge in [0, 0.05) is 6.54 Å². The van der Waals surface area contributed by atoms with E-state index in [1.54, 1.807) is 0 Å². The molecule has 1 unspecified atom stereocenters. The van der Waals surface area contributed by atoms with E-state index in [0.29, 0.717) is 18.2 Å². The highest BCUT2D eigenvalue weighted by Gasteiger charge is 2.22. The molecule has 1 N–H and O–H groups in total. The maximum Gasteiger partial charge on any atom is 0.242 e. The maximum atomic E-state index is 12.4. The summed E-state index contributed by atoms with van der Waals surface area (Å²) in [6, 6.07) is 2.90. The normalized spacial score (nSPS) is 13.1. The predicted molar refractivity (Wildman–Crippen MR) is 91.5 cm³/mol. The van der Waals surface area contributed by atoms with E-state index in [1.165, 1.54) is 19.2 Å². The van der Waals surface area contributed by atoms with E-state index in [9.17, 15) is 8.42 Å². The predicted octanol–water partition coefficient (Wildman–Crippen LogP) is 4.50. The Balaban J connectivity index is 2.89. The minimum absolute atomic E-state index is 0.0184. The van der Waals surface area contributed by atoms with E-state index >= 15 is 0 Å². The van der Waals surface area contributed by atoms with Gasteiger partial charge < -0.3 is 4.74 Å². The van der Waals surface area contributed by atoms with Crippen molar-refractivity contribution < 1.29 is 13.2 Å². The largest absolute Gasteiger partial charge is 0.495 e. The molecule has 1 atom stereocenters. The van der Waals surface area contributed by atoms with Crippen LogP contribution in [0.3, 0.4) is 0 Å². The van der Waals surface area contributed by atoms with E-state index in [4.69, 9.17) is 27.9 Å². The summed E-state index contributed by atoms with van der Waals surface area (Å²) in [6.45, 7) is 4.58. The van der Waals surface area contributed by atoms with Crippen LogP contribution >= 0.6 is 23.2 Å². The molecule has 0 aliphatic heterocycles. The second kappa shape index (κ2) is 8.96. The molecule has 0 radical (unpaired) electrons. The highest BCUT2D eigenvalue weighted by molar-refractivity contribution is 7.89. The molecule has 0 heterocycles. The van der Waals surface area contributed by atoms with Gasteiger partial charge >= 0.3 is 0 Å². The number of halogens is 2. The minimum atomic E-state index is -3.69. The van der Waals surface area contributed by atoms with Gasteiger partial charge in [0.15, 0.2) is 0 Å². The van der Waals surface area contributed by atoms with Gasteiger partial charge in [-0.15, -0.1) is 0 Å². The highest BCUT2D eigenvalue weighted by Crippen LogP contribution is 2.36. The van der Waals surface area contributed by atoms with Gasteiger partial charge in [-0.25, -0.2) is 13.1 Å². The zero-order chi connectivity index (χ0) is 16.8. The van der Waals surface area contributed by atoms with Crippen LogP contribution in [0.25, 0.3) is 0 Å². The number of nitrogens with one attached hydrogen (secondary N) is 1. The molecule has 126 valence electrons. The zero-order valence-electron chi connectivity index (χ0n) is 13.2. The molecule has 0 aliphatic carbocycles. The van der Waals surface area contributed by atoms with Crippen molar-refractivity contribution in [2.45, 2.75) is 44.4 Å². The Morgan fingerprint density at radius 2 is 1.91 bits per heavy atom. The van der Waals surface area contributed by atoms with Crippen LogP contribution in [-0.2, 0) is 10.0 Å². The van der Waals surface area contributed by atoms with E-state index in [1.807, 2.05) is 0 Å². The van der Waals surface area contributed by atoms with Gasteiger partial charge in [0.05, 0.1) is 12.1 Å². The molecule has 0 aromatic heterocycles. The third-order valence-corrected chi connectivity index (χ3v) is 6.07. The molecular formula is C15H23Cl2NO3S. The lowest BCUT2D eigenvalue weighted by molar-refractivity contribution is 0.414. The van der Waals surface area contributed by atoms with Crippen molar-refractivity contribution >= 4 is 33.2 Å².